The van der Waals surface area contributed by atoms with Crippen molar-refractivity contribution in [2.24, 2.45) is 5.92 Å². The smallest absolute Gasteiger partial charge is 0.289 e. The third-order valence-electron chi connectivity index (χ3n) is 7.29. The first-order chi connectivity index (χ1) is 19.0. The topological polar surface area (TPSA) is 76.1 Å². The molecule has 8 heteroatoms. The summed E-state index contributed by atoms with van der Waals surface area (Å²) in [4.78, 5) is 29.3. The predicted molar refractivity (Wildman–Crippen MR) is 140 cm³/mol. The van der Waals surface area contributed by atoms with Crippen LogP contribution in [0.3, 0.4) is 0 Å². The van der Waals surface area contributed by atoms with Crippen LogP contribution in [0, 0.1) is 11.7 Å². The standard InChI is InChI=1S/C31H29FN2O5/c1-33(18-25-6-3-15-37-25)31(36)28-12-11-26(39-28)19-38-24-10-9-20-13-14-34(30(35)21-7-8-21)29(27(20)17-24)22-4-2-5-23(32)16-22/h2-6,9-12,15-17,21,29H,7-8,13-14,18-19H2,1H3. The molecule has 1 atom stereocenters. The van der Waals surface area contributed by atoms with Gasteiger partial charge in [0.1, 0.15) is 29.7 Å². The van der Waals surface area contributed by atoms with Crippen LogP contribution in [0.5, 0.6) is 5.75 Å². The van der Waals surface area contributed by atoms with Gasteiger partial charge >= 0.3 is 0 Å². The van der Waals surface area contributed by atoms with Gasteiger partial charge in [-0.05, 0) is 84.5 Å². The third kappa shape index (κ3) is 5.32. The second-order valence-corrected chi connectivity index (χ2v) is 10.2. The van der Waals surface area contributed by atoms with Crippen LogP contribution in [0.4, 0.5) is 4.39 Å². The summed E-state index contributed by atoms with van der Waals surface area (Å²) in [7, 11) is 1.68. The quantitative estimate of drug-likeness (QED) is 0.291. The van der Waals surface area contributed by atoms with E-state index in [1.165, 1.54) is 17.0 Å². The lowest BCUT2D eigenvalue weighted by atomic mass is 9.87. The maximum atomic E-state index is 14.2. The molecule has 0 radical (unpaired) electrons. The molecule has 1 saturated carbocycles. The second-order valence-electron chi connectivity index (χ2n) is 10.2. The molecular weight excluding hydrogens is 499 g/mol. The Morgan fingerprint density at radius 2 is 1.92 bits per heavy atom. The Bertz CT molecular complexity index is 1490. The van der Waals surface area contributed by atoms with E-state index in [4.69, 9.17) is 13.6 Å². The Morgan fingerprint density at radius 3 is 2.69 bits per heavy atom. The predicted octanol–water partition coefficient (Wildman–Crippen LogP) is 5.75. The van der Waals surface area contributed by atoms with Crippen molar-refractivity contribution < 1.29 is 27.6 Å². The summed E-state index contributed by atoms with van der Waals surface area (Å²) in [5, 5.41) is 0. The van der Waals surface area contributed by atoms with Crippen LogP contribution in [0.2, 0.25) is 0 Å². The number of hydrogen-bond donors (Lipinski definition) is 0. The minimum Gasteiger partial charge on any atom is -0.486 e. The monoisotopic (exact) mass is 528 g/mol. The molecule has 0 spiro atoms. The third-order valence-corrected chi connectivity index (χ3v) is 7.29. The molecule has 39 heavy (non-hydrogen) atoms. The van der Waals surface area contributed by atoms with Crippen molar-refractivity contribution in [3.8, 4) is 5.75 Å². The van der Waals surface area contributed by atoms with Gasteiger partial charge in [0.15, 0.2) is 5.76 Å². The number of carbonyl (C=O) groups excluding carboxylic acids is 2. The Labute approximate surface area is 225 Å². The van der Waals surface area contributed by atoms with E-state index in [2.05, 4.69) is 0 Å². The van der Waals surface area contributed by atoms with Gasteiger partial charge in [0.05, 0.1) is 18.8 Å². The van der Waals surface area contributed by atoms with Crippen molar-refractivity contribution in [1.29, 1.82) is 0 Å². The maximum Gasteiger partial charge on any atom is 0.289 e. The van der Waals surface area contributed by atoms with Gasteiger partial charge in [0.2, 0.25) is 5.91 Å². The molecule has 2 aromatic carbocycles. The van der Waals surface area contributed by atoms with E-state index in [0.717, 1.165) is 36.0 Å². The van der Waals surface area contributed by atoms with Crippen molar-refractivity contribution >= 4 is 11.8 Å². The fourth-order valence-electron chi connectivity index (χ4n) is 5.14. The van der Waals surface area contributed by atoms with Gasteiger partial charge < -0.3 is 23.4 Å². The highest BCUT2D eigenvalue weighted by Gasteiger charge is 2.39. The van der Waals surface area contributed by atoms with Gasteiger partial charge in [0, 0.05) is 19.5 Å². The van der Waals surface area contributed by atoms with E-state index in [1.54, 1.807) is 37.6 Å². The number of hydrogen-bond acceptors (Lipinski definition) is 5. The second kappa shape index (κ2) is 10.4. The Hall–Kier alpha value is -4.33. The molecule has 0 saturated heterocycles. The van der Waals surface area contributed by atoms with Gasteiger partial charge in [-0.1, -0.05) is 18.2 Å². The summed E-state index contributed by atoms with van der Waals surface area (Å²) in [5.74, 6) is 1.62. The lowest BCUT2D eigenvalue weighted by Gasteiger charge is -2.38. The fourth-order valence-corrected chi connectivity index (χ4v) is 5.14. The molecule has 1 aliphatic carbocycles. The number of amides is 2. The van der Waals surface area contributed by atoms with Crippen LogP contribution in [0.1, 0.15) is 57.6 Å². The number of halogens is 1. The lowest BCUT2D eigenvalue weighted by molar-refractivity contribution is -0.134. The number of nitrogens with zero attached hydrogens (tertiary/aromatic N) is 2. The minimum atomic E-state index is -0.376. The summed E-state index contributed by atoms with van der Waals surface area (Å²) in [5.41, 5.74) is 2.80. The lowest BCUT2D eigenvalue weighted by Crippen LogP contribution is -2.41. The van der Waals surface area contributed by atoms with Crippen LogP contribution in [-0.2, 0) is 24.4 Å². The molecule has 0 N–H and O–H groups in total. The SMILES string of the molecule is CN(Cc1ccco1)C(=O)c1ccc(COc2ccc3c(c2)C(c2cccc(F)c2)N(C(=O)C2CC2)CC3)o1. The van der Waals surface area contributed by atoms with Crippen LogP contribution in [0.25, 0.3) is 0 Å². The van der Waals surface area contributed by atoms with Crippen LogP contribution >= 0.6 is 0 Å². The van der Waals surface area contributed by atoms with Gasteiger partial charge in [-0.3, -0.25) is 9.59 Å². The molecule has 1 fully saturated rings. The summed E-state index contributed by atoms with van der Waals surface area (Å²) in [6.07, 6.45) is 4.12. The molecule has 4 aromatic rings. The van der Waals surface area contributed by atoms with Crippen molar-refractivity contribution in [3.05, 3.63) is 113 Å². The normalized spacial score (nSPS) is 16.6. The van der Waals surface area contributed by atoms with E-state index in [0.29, 0.717) is 30.4 Å². The molecule has 6 rings (SSSR count). The first-order valence-corrected chi connectivity index (χ1v) is 13.1. The molecule has 2 aromatic heterocycles. The summed E-state index contributed by atoms with van der Waals surface area (Å²) in [6, 6.07) is 18.9. The first-order valence-electron chi connectivity index (χ1n) is 13.1. The van der Waals surface area contributed by atoms with Crippen LogP contribution < -0.4 is 4.74 Å². The zero-order valence-electron chi connectivity index (χ0n) is 21.6. The molecule has 2 amide bonds. The Morgan fingerprint density at radius 1 is 1.05 bits per heavy atom. The van der Waals surface area contributed by atoms with E-state index in [9.17, 15) is 14.0 Å². The van der Waals surface area contributed by atoms with E-state index >= 15 is 0 Å². The summed E-state index contributed by atoms with van der Waals surface area (Å²) >= 11 is 0. The number of rotatable bonds is 8. The highest BCUT2D eigenvalue weighted by Crippen LogP contribution is 2.41. The first kappa shape index (κ1) is 25.0. The van der Waals surface area contributed by atoms with Crippen molar-refractivity contribution in [2.75, 3.05) is 13.6 Å². The fraction of sp³-hybridized carbons (Fsp3) is 0.290. The Balaban J connectivity index is 1.19. The summed E-state index contributed by atoms with van der Waals surface area (Å²) in [6.45, 7) is 1.06. The zero-order chi connectivity index (χ0) is 26.9. The number of furan rings is 2. The highest BCUT2D eigenvalue weighted by molar-refractivity contribution is 5.91. The molecule has 7 nitrogen and oxygen atoms in total. The Kier molecular flexibility index (Phi) is 6.69. The number of fused-ring (bicyclic) bond motifs is 1. The van der Waals surface area contributed by atoms with Crippen LogP contribution in [-0.4, -0.2) is 35.2 Å². The zero-order valence-corrected chi connectivity index (χ0v) is 21.6. The minimum absolute atomic E-state index is 0.0658. The van der Waals surface area contributed by atoms with E-state index in [-0.39, 0.29) is 42.0 Å². The van der Waals surface area contributed by atoms with Crippen LogP contribution in [0.15, 0.2) is 81.8 Å². The van der Waals surface area contributed by atoms with E-state index in [1.807, 2.05) is 35.2 Å². The van der Waals surface area contributed by atoms with Gasteiger partial charge in [-0.15, -0.1) is 0 Å². The number of benzene rings is 2. The van der Waals surface area contributed by atoms with Crippen molar-refractivity contribution in [3.63, 3.8) is 0 Å². The van der Waals surface area contributed by atoms with Gasteiger partial charge in [-0.25, -0.2) is 4.39 Å². The molecular formula is C31H29FN2O5. The average Bonchev–Trinajstić information content (AvgIpc) is 3.46. The maximum absolute atomic E-state index is 14.2. The van der Waals surface area contributed by atoms with Crippen molar-refractivity contribution in [2.45, 2.75) is 38.5 Å². The molecule has 0 bridgehead atoms. The summed E-state index contributed by atoms with van der Waals surface area (Å²) < 4.78 is 31.3. The number of carbonyl (C=O) groups is 2. The van der Waals surface area contributed by atoms with Crippen molar-refractivity contribution in [1.82, 2.24) is 9.80 Å². The molecule has 2 aliphatic rings. The molecule has 3 heterocycles. The molecule has 1 aliphatic heterocycles. The van der Waals surface area contributed by atoms with Gasteiger partial charge in [0.25, 0.3) is 5.91 Å². The number of ether oxygens (including phenoxy) is 1. The van der Waals surface area contributed by atoms with Gasteiger partial charge in [-0.2, -0.15) is 0 Å². The highest BCUT2D eigenvalue weighted by atomic mass is 19.1. The molecule has 1 unspecified atom stereocenters. The average molecular weight is 529 g/mol. The molecule has 200 valence electrons. The van der Waals surface area contributed by atoms with E-state index < -0.39 is 0 Å². The largest absolute Gasteiger partial charge is 0.486 e.